The number of carboxylic acids is 1. The largest absolute Gasteiger partial charge is 0.493 e. The quantitative estimate of drug-likeness (QED) is 0.465. The second-order valence-corrected chi connectivity index (χ2v) is 10.6. The van der Waals surface area contributed by atoms with E-state index in [0.29, 0.717) is 6.04 Å². The molecule has 8 nitrogen and oxygen atoms in total. The molecule has 1 saturated heterocycles. The van der Waals surface area contributed by atoms with E-state index in [1.54, 1.807) is 19.1 Å². The molecule has 4 rings (SSSR count). The number of aliphatic carboxylic acids is 1. The van der Waals surface area contributed by atoms with Crippen molar-refractivity contribution >= 4 is 33.6 Å². The van der Waals surface area contributed by atoms with Crippen molar-refractivity contribution in [1.82, 2.24) is 10.2 Å². The Morgan fingerprint density at radius 3 is 2.28 bits per heavy atom. The molecular formula is C27H33BrF3N3O5. The zero-order chi connectivity index (χ0) is 29.0. The predicted molar refractivity (Wildman–Crippen MR) is 145 cm³/mol. The molecule has 0 radical (unpaired) electrons. The molecule has 2 N–H and O–H groups in total. The summed E-state index contributed by atoms with van der Waals surface area (Å²) in [6, 6.07) is 14.6. The highest BCUT2D eigenvalue weighted by atomic mass is 79.9. The Morgan fingerprint density at radius 1 is 1.10 bits per heavy atom. The van der Waals surface area contributed by atoms with E-state index in [1.807, 2.05) is 37.4 Å². The Hall–Kier alpha value is -2.99. The maximum absolute atomic E-state index is 12.9. The summed E-state index contributed by atoms with van der Waals surface area (Å²) in [6.45, 7) is 1.05. The van der Waals surface area contributed by atoms with Gasteiger partial charge >= 0.3 is 18.2 Å². The average Bonchev–Trinajstić information content (AvgIpc) is 3.24. The van der Waals surface area contributed by atoms with Gasteiger partial charge in [-0.15, -0.1) is 0 Å². The fraction of sp³-hybridized carbons (Fsp3) is 0.481. The summed E-state index contributed by atoms with van der Waals surface area (Å²) in [4.78, 5) is 26.0. The number of nitrogens with one attached hydrogen (secondary N) is 1. The molecule has 2 aromatic carbocycles. The molecule has 39 heavy (non-hydrogen) atoms. The van der Waals surface area contributed by atoms with Crippen molar-refractivity contribution in [1.29, 1.82) is 0 Å². The molecule has 2 aromatic rings. The minimum absolute atomic E-state index is 0.0587. The maximum atomic E-state index is 12.9. The van der Waals surface area contributed by atoms with Gasteiger partial charge in [0.15, 0.2) is 11.5 Å². The first kappa shape index (κ1) is 30.6. The van der Waals surface area contributed by atoms with Crippen molar-refractivity contribution in [2.45, 2.75) is 49.4 Å². The Balaban J connectivity index is 0.000000532. The lowest BCUT2D eigenvalue weighted by molar-refractivity contribution is -0.192. The number of hydrogen-bond donors (Lipinski definition) is 2. The van der Waals surface area contributed by atoms with Gasteiger partial charge in [0, 0.05) is 34.7 Å². The standard InChI is InChI=1S/C25H32BrN3O3.C2HF3O2/c1-28-14-13-25(17-5-10-21(31-3)22(15-17)32-4)12-11-19(16-23(25)28)27-24(30)29(2)20-8-6-18(26)7-9-20;3-2(4,5)1(6)7/h5-10,15,19,23H,11-14,16H2,1-4H3,(H,27,30);(H,6,7). The van der Waals surface area contributed by atoms with Gasteiger partial charge < -0.3 is 24.8 Å². The summed E-state index contributed by atoms with van der Waals surface area (Å²) in [6.07, 6.45) is -1.04. The van der Waals surface area contributed by atoms with Crippen LogP contribution in [0.15, 0.2) is 46.9 Å². The van der Waals surface area contributed by atoms with Crippen LogP contribution in [0.3, 0.4) is 0 Å². The predicted octanol–water partition coefficient (Wildman–Crippen LogP) is 5.44. The fourth-order valence-corrected chi connectivity index (χ4v) is 5.71. The van der Waals surface area contributed by atoms with Crippen LogP contribution in [0.2, 0.25) is 0 Å². The average molecular weight is 616 g/mol. The van der Waals surface area contributed by atoms with Gasteiger partial charge in [0.25, 0.3) is 0 Å². The van der Waals surface area contributed by atoms with Crippen LogP contribution in [0, 0.1) is 0 Å². The number of likely N-dealkylation sites (tertiary alicyclic amines) is 1. The number of methoxy groups -OCH3 is 2. The monoisotopic (exact) mass is 615 g/mol. The van der Waals surface area contributed by atoms with Crippen molar-refractivity contribution in [2.75, 3.05) is 39.8 Å². The number of carbonyl (C=O) groups is 2. The highest BCUT2D eigenvalue weighted by Gasteiger charge is 2.50. The van der Waals surface area contributed by atoms with Crippen LogP contribution < -0.4 is 19.7 Å². The van der Waals surface area contributed by atoms with Crippen molar-refractivity contribution in [3.05, 3.63) is 52.5 Å². The molecule has 2 fully saturated rings. The molecule has 2 aliphatic rings. The van der Waals surface area contributed by atoms with Gasteiger partial charge in [-0.25, -0.2) is 9.59 Å². The van der Waals surface area contributed by atoms with Crippen LogP contribution in [-0.2, 0) is 10.2 Å². The number of nitrogens with zero attached hydrogens (tertiary/aromatic N) is 2. The van der Waals surface area contributed by atoms with Crippen LogP contribution in [0.25, 0.3) is 0 Å². The van der Waals surface area contributed by atoms with Gasteiger partial charge in [-0.1, -0.05) is 22.0 Å². The smallest absolute Gasteiger partial charge is 0.490 e. The van der Waals surface area contributed by atoms with Gasteiger partial charge in [-0.05, 0) is 81.2 Å². The molecule has 0 bridgehead atoms. The number of rotatable bonds is 5. The van der Waals surface area contributed by atoms with E-state index < -0.39 is 12.1 Å². The highest BCUT2D eigenvalue weighted by molar-refractivity contribution is 9.10. The van der Waals surface area contributed by atoms with Crippen LogP contribution >= 0.6 is 15.9 Å². The number of hydrogen-bond acceptors (Lipinski definition) is 5. The molecule has 3 atom stereocenters. The number of carboxylic acid groups (broad SMARTS) is 1. The Labute approximate surface area is 234 Å². The van der Waals surface area contributed by atoms with Gasteiger partial charge in [-0.3, -0.25) is 4.90 Å². The zero-order valence-electron chi connectivity index (χ0n) is 22.2. The molecule has 214 valence electrons. The van der Waals surface area contributed by atoms with E-state index in [9.17, 15) is 18.0 Å². The van der Waals surface area contributed by atoms with Crippen molar-refractivity contribution in [3.63, 3.8) is 0 Å². The van der Waals surface area contributed by atoms with Crippen molar-refractivity contribution < 1.29 is 37.3 Å². The lowest BCUT2D eigenvalue weighted by Gasteiger charge is -2.45. The first-order chi connectivity index (χ1) is 18.3. The van der Waals surface area contributed by atoms with E-state index in [-0.39, 0.29) is 17.5 Å². The summed E-state index contributed by atoms with van der Waals surface area (Å²) in [5.74, 6) is -1.22. The molecule has 1 heterocycles. The lowest BCUT2D eigenvalue weighted by atomic mass is 9.65. The number of benzene rings is 2. The van der Waals surface area contributed by atoms with E-state index in [4.69, 9.17) is 19.4 Å². The SMILES string of the molecule is COc1ccc(C23CCC(NC(=O)N(C)c4ccc(Br)cc4)CC2N(C)CC3)cc1OC.O=C(O)C(F)(F)F. The third-order valence-corrected chi connectivity index (χ3v) is 8.10. The van der Waals surface area contributed by atoms with Crippen LogP contribution in [0.4, 0.5) is 23.7 Å². The normalized spacial score (nSPS) is 22.7. The van der Waals surface area contributed by atoms with Gasteiger partial charge in [0.05, 0.1) is 14.2 Å². The summed E-state index contributed by atoms with van der Waals surface area (Å²) in [7, 11) is 7.37. The van der Waals surface area contributed by atoms with Crippen LogP contribution in [0.5, 0.6) is 11.5 Å². The van der Waals surface area contributed by atoms with E-state index >= 15 is 0 Å². The molecule has 1 aliphatic carbocycles. The number of anilines is 1. The second-order valence-electron chi connectivity index (χ2n) is 9.73. The molecular weight excluding hydrogens is 583 g/mol. The topological polar surface area (TPSA) is 91.3 Å². The molecule has 0 spiro atoms. The highest BCUT2D eigenvalue weighted by Crippen LogP contribution is 2.49. The Morgan fingerprint density at radius 2 is 1.72 bits per heavy atom. The fourth-order valence-electron chi connectivity index (χ4n) is 5.45. The third-order valence-electron chi connectivity index (χ3n) is 7.57. The molecule has 0 aromatic heterocycles. The number of amides is 2. The molecule has 3 unspecified atom stereocenters. The van der Waals surface area contributed by atoms with Gasteiger partial charge in [-0.2, -0.15) is 13.2 Å². The molecule has 2 amide bonds. The van der Waals surface area contributed by atoms with E-state index in [0.717, 1.165) is 53.9 Å². The maximum Gasteiger partial charge on any atom is 0.490 e. The van der Waals surface area contributed by atoms with E-state index in [1.165, 1.54) is 5.56 Å². The molecule has 12 heteroatoms. The number of halogens is 4. The number of alkyl halides is 3. The van der Waals surface area contributed by atoms with Gasteiger partial charge in [0.1, 0.15) is 0 Å². The van der Waals surface area contributed by atoms with Crippen molar-refractivity contribution in [3.8, 4) is 11.5 Å². The summed E-state index contributed by atoms with van der Waals surface area (Å²) >= 11 is 3.45. The molecule has 1 saturated carbocycles. The summed E-state index contributed by atoms with van der Waals surface area (Å²) in [5, 5.41) is 10.4. The summed E-state index contributed by atoms with van der Waals surface area (Å²) in [5.41, 5.74) is 2.26. The van der Waals surface area contributed by atoms with E-state index in [2.05, 4.69) is 45.3 Å². The minimum Gasteiger partial charge on any atom is -0.493 e. The first-order valence-electron chi connectivity index (χ1n) is 12.3. The second kappa shape index (κ2) is 12.5. The Kier molecular flexibility index (Phi) is 9.76. The van der Waals surface area contributed by atoms with Crippen LogP contribution in [0.1, 0.15) is 31.2 Å². The van der Waals surface area contributed by atoms with Crippen molar-refractivity contribution in [2.24, 2.45) is 0 Å². The number of carbonyl (C=O) groups excluding carboxylic acids is 1. The number of likely N-dealkylation sites (N-methyl/N-ethyl adjacent to an activating group) is 1. The first-order valence-corrected chi connectivity index (χ1v) is 13.1. The molecule has 1 aliphatic heterocycles. The number of urea groups is 1. The lowest BCUT2D eigenvalue weighted by Crippen LogP contribution is -2.53. The Bertz CT molecular complexity index is 1160. The number of fused-ring (bicyclic) bond motifs is 1. The third kappa shape index (κ3) is 6.96. The zero-order valence-corrected chi connectivity index (χ0v) is 23.8. The summed E-state index contributed by atoms with van der Waals surface area (Å²) < 4.78 is 43.8. The number of ether oxygens (including phenoxy) is 2. The minimum atomic E-state index is -5.08. The van der Waals surface area contributed by atoms with Gasteiger partial charge in [0.2, 0.25) is 0 Å². The van der Waals surface area contributed by atoms with Crippen LogP contribution in [-0.4, -0.2) is 75.1 Å².